The number of fused-ring (bicyclic) bond motifs is 1. The molecule has 0 aromatic heterocycles. The van der Waals surface area contributed by atoms with E-state index in [9.17, 15) is 9.90 Å². The van der Waals surface area contributed by atoms with Crippen molar-refractivity contribution in [3.05, 3.63) is 53.6 Å². The van der Waals surface area contributed by atoms with E-state index in [1.54, 1.807) is 25.1 Å². The Morgan fingerprint density at radius 3 is 2.96 bits per heavy atom. The van der Waals surface area contributed by atoms with Crippen molar-refractivity contribution in [3.63, 3.8) is 0 Å². The first kappa shape index (κ1) is 17.3. The molecule has 0 saturated carbocycles. The smallest absolute Gasteiger partial charge is 0.265 e. The van der Waals surface area contributed by atoms with Crippen LogP contribution in [0.1, 0.15) is 24.5 Å². The third kappa shape index (κ3) is 4.12. The molecule has 5 heteroatoms. The normalized spacial score (nSPS) is 14.6. The summed E-state index contributed by atoms with van der Waals surface area (Å²) < 4.78 is 5.69. The van der Waals surface area contributed by atoms with E-state index >= 15 is 0 Å². The second-order valence-corrected chi connectivity index (χ2v) is 6.42. The van der Waals surface area contributed by atoms with Crippen LogP contribution in [0.4, 0.5) is 11.4 Å². The molecule has 132 valence electrons. The number of hydrogen-bond donors (Lipinski definition) is 2. The maximum Gasteiger partial charge on any atom is 0.265 e. The zero-order valence-electron chi connectivity index (χ0n) is 14.7. The quantitative estimate of drug-likeness (QED) is 0.878. The molecule has 3 rings (SSSR count). The fourth-order valence-corrected chi connectivity index (χ4v) is 3.08. The van der Waals surface area contributed by atoms with Gasteiger partial charge in [0.15, 0.2) is 6.10 Å². The van der Waals surface area contributed by atoms with E-state index in [4.69, 9.17) is 4.74 Å². The average molecular weight is 340 g/mol. The van der Waals surface area contributed by atoms with Crippen LogP contribution in [0.25, 0.3) is 0 Å². The second-order valence-electron chi connectivity index (χ2n) is 6.42. The predicted octanol–water partition coefficient (Wildman–Crippen LogP) is 2.97. The highest BCUT2D eigenvalue weighted by Crippen LogP contribution is 2.28. The van der Waals surface area contributed by atoms with Gasteiger partial charge in [-0.05, 0) is 61.2 Å². The van der Waals surface area contributed by atoms with Crippen LogP contribution in [0.15, 0.2) is 42.5 Å². The SMILES string of the molecule is CC(Oc1cccc(CO)c1)C(=O)Nc1ccc2c(c1)CCCN2C. The average Bonchev–Trinajstić information content (AvgIpc) is 2.62. The summed E-state index contributed by atoms with van der Waals surface area (Å²) in [6.07, 6.45) is 1.53. The number of amides is 1. The Labute approximate surface area is 148 Å². The molecule has 2 aromatic rings. The third-order valence-corrected chi connectivity index (χ3v) is 4.46. The van der Waals surface area contributed by atoms with E-state index < -0.39 is 6.10 Å². The van der Waals surface area contributed by atoms with Gasteiger partial charge in [0.25, 0.3) is 5.91 Å². The molecule has 2 aromatic carbocycles. The molecule has 1 aliphatic rings. The molecular formula is C20H24N2O3. The second kappa shape index (κ2) is 7.57. The van der Waals surface area contributed by atoms with Crippen molar-refractivity contribution in [1.82, 2.24) is 0 Å². The summed E-state index contributed by atoms with van der Waals surface area (Å²) >= 11 is 0. The van der Waals surface area contributed by atoms with E-state index in [1.807, 2.05) is 18.2 Å². The number of ether oxygens (including phenoxy) is 1. The summed E-state index contributed by atoms with van der Waals surface area (Å²) in [5.74, 6) is 0.375. The Bertz CT molecular complexity index is 760. The lowest BCUT2D eigenvalue weighted by Crippen LogP contribution is -2.30. The lowest BCUT2D eigenvalue weighted by molar-refractivity contribution is -0.122. The highest BCUT2D eigenvalue weighted by Gasteiger charge is 2.17. The number of benzene rings is 2. The molecular weight excluding hydrogens is 316 g/mol. The number of carbonyl (C=O) groups excluding carboxylic acids is 1. The zero-order chi connectivity index (χ0) is 17.8. The van der Waals surface area contributed by atoms with Crippen LogP contribution in [0.3, 0.4) is 0 Å². The molecule has 0 radical (unpaired) electrons. The Morgan fingerprint density at radius 1 is 1.32 bits per heavy atom. The minimum absolute atomic E-state index is 0.0542. The summed E-state index contributed by atoms with van der Waals surface area (Å²) in [5, 5.41) is 12.1. The number of nitrogens with zero attached hydrogens (tertiary/aromatic N) is 1. The minimum atomic E-state index is -0.632. The molecule has 5 nitrogen and oxygen atoms in total. The van der Waals surface area contributed by atoms with Gasteiger partial charge in [0.05, 0.1) is 6.61 Å². The van der Waals surface area contributed by atoms with E-state index in [1.165, 1.54) is 11.3 Å². The van der Waals surface area contributed by atoms with E-state index in [0.29, 0.717) is 5.75 Å². The summed E-state index contributed by atoms with van der Waals surface area (Å²) in [6, 6.07) is 13.1. The monoisotopic (exact) mass is 340 g/mol. The number of rotatable bonds is 5. The Morgan fingerprint density at radius 2 is 2.16 bits per heavy atom. The largest absolute Gasteiger partial charge is 0.481 e. The van der Waals surface area contributed by atoms with Crippen LogP contribution < -0.4 is 15.0 Å². The van der Waals surface area contributed by atoms with Gasteiger partial charge < -0.3 is 20.1 Å². The molecule has 1 atom stereocenters. The molecule has 0 bridgehead atoms. The molecule has 0 aliphatic carbocycles. The number of carbonyl (C=O) groups is 1. The van der Waals surface area contributed by atoms with Crippen LogP contribution in [-0.4, -0.2) is 30.7 Å². The van der Waals surface area contributed by atoms with Crippen LogP contribution >= 0.6 is 0 Å². The number of aliphatic hydroxyl groups is 1. The van der Waals surface area contributed by atoms with Crippen LogP contribution in [0, 0.1) is 0 Å². The molecule has 2 N–H and O–H groups in total. The van der Waals surface area contributed by atoms with Gasteiger partial charge >= 0.3 is 0 Å². The third-order valence-electron chi connectivity index (χ3n) is 4.46. The molecule has 1 unspecified atom stereocenters. The topological polar surface area (TPSA) is 61.8 Å². The van der Waals surface area contributed by atoms with Gasteiger partial charge in [0.1, 0.15) is 5.75 Å². The van der Waals surface area contributed by atoms with Gasteiger partial charge in [-0.2, -0.15) is 0 Å². The van der Waals surface area contributed by atoms with Crippen LogP contribution in [-0.2, 0) is 17.8 Å². The van der Waals surface area contributed by atoms with Gasteiger partial charge in [-0.1, -0.05) is 12.1 Å². The van der Waals surface area contributed by atoms with Crippen LogP contribution in [0.5, 0.6) is 5.75 Å². The first-order valence-electron chi connectivity index (χ1n) is 8.58. The number of hydrogen-bond acceptors (Lipinski definition) is 4. The summed E-state index contributed by atoms with van der Waals surface area (Å²) in [4.78, 5) is 14.6. The Hall–Kier alpha value is -2.53. The first-order chi connectivity index (χ1) is 12.1. The number of anilines is 2. The molecule has 1 heterocycles. The molecule has 1 amide bonds. The zero-order valence-corrected chi connectivity index (χ0v) is 14.7. The van der Waals surface area contributed by atoms with E-state index in [2.05, 4.69) is 23.3 Å². The highest BCUT2D eigenvalue weighted by molar-refractivity contribution is 5.94. The van der Waals surface area contributed by atoms with Gasteiger partial charge in [-0.3, -0.25) is 4.79 Å². The fourth-order valence-electron chi connectivity index (χ4n) is 3.08. The first-order valence-corrected chi connectivity index (χ1v) is 8.58. The number of aryl methyl sites for hydroxylation is 1. The van der Waals surface area contributed by atoms with Gasteiger partial charge in [0.2, 0.25) is 0 Å². The van der Waals surface area contributed by atoms with Crippen LogP contribution in [0.2, 0.25) is 0 Å². The molecule has 0 fully saturated rings. The molecule has 0 saturated heterocycles. The predicted molar refractivity (Wildman–Crippen MR) is 99.1 cm³/mol. The van der Waals surface area contributed by atoms with Crippen molar-refractivity contribution in [2.24, 2.45) is 0 Å². The van der Waals surface area contributed by atoms with Crippen molar-refractivity contribution >= 4 is 17.3 Å². The lowest BCUT2D eigenvalue weighted by Gasteiger charge is -2.28. The molecule has 1 aliphatic heterocycles. The van der Waals surface area contributed by atoms with Gasteiger partial charge in [-0.15, -0.1) is 0 Å². The van der Waals surface area contributed by atoms with Gasteiger partial charge in [-0.25, -0.2) is 0 Å². The maximum atomic E-state index is 12.4. The lowest BCUT2D eigenvalue weighted by atomic mass is 10.0. The highest BCUT2D eigenvalue weighted by atomic mass is 16.5. The maximum absolute atomic E-state index is 12.4. The Balaban J connectivity index is 1.65. The van der Waals surface area contributed by atoms with Crippen molar-refractivity contribution in [2.45, 2.75) is 32.5 Å². The van der Waals surface area contributed by atoms with Crippen molar-refractivity contribution in [2.75, 3.05) is 23.8 Å². The number of aliphatic hydroxyl groups excluding tert-OH is 1. The minimum Gasteiger partial charge on any atom is -0.481 e. The van der Waals surface area contributed by atoms with E-state index in [0.717, 1.165) is 30.6 Å². The van der Waals surface area contributed by atoms with E-state index in [-0.39, 0.29) is 12.5 Å². The standard InChI is InChI=1S/C20H24N2O3/c1-14(25-18-7-3-5-15(11-18)13-23)20(24)21-17-8-9-19-16(12-17)6-4-10-22(19)2/h3,5,7-9,11-12,14,23H,4,6,10,13H2,1-2H3,(H,21,24). The van der Waals surface area contributed by atoms with Crippen molar-refractivity contribution in [3.8, 4) is 5.75 Å². The Kier molecular flexibility index (Phi) is 5.24. The van der Waals surface area contributed by atoms with Crippen molar-refractivity contribution < 1.29 is 14.6 Å². The molecule has 0 spiro atoms. The molecule has 25 heavy (non-hydrogen) atoms. The summed E-state index contributed by atoms with van der Waals surface area (Å²) in [6.45, 7) is 2.73. The number of nitrogens with one attached hydrogen (secondary N) is 1. The summed E-state index contributed by atoms with van der Waals surface area (Å²) in [7, 11) is 2.09. The van der Waals surface area contributed by atoms with Gasteiger partial charge in [0, 0.05) is 25.0 Å². The fraction of sp³-hybridized carbons (Fsp3) is 0.350. The van der Waals surface area contributed by atoms with Crippen molar-refractivity contribution in [1.29, 1.82) is 0 Å². The summed E-state index contributed by atoms with van der Waals surface area (Å²) in [5.41, 5.74) is 4.03.